The van der Waals surface area contributed by atoms with Gasteiger partial charge in [-0.15, -0.1) is 0 Å². The summed E-state index contributed by atoms with van der Waals surface area (Å²) in [6.07, 6.45) is 4.65. The van der Waals surface area contributed by atoms with Gasteiger partial charge in [0.25, 0.3) is 5.91 Å². The van der Waals surface area contributed by atoms with Crippen LogP contribution in [0.2, 0.25) is 0 Å². The lowest BCUT2D eigenvalue weighted by atomic mass is 9.79. The molecule has 2 atom stereocenters. The van der Waals surface area contributed by atoms with Crippen LogP contribution in [0.3, 0.4) is 0 Å². The van der Waals surface area contributed by atoms with Crippen LogP contribution in [0.4, 0.5) is 0 Å². The summed E-state index contributed by atoms with van der Waals surface area (Å²) in [4.78, 5) is 22.6. The summed E-state index contributed by atoms with van der Waals surface area (Å²) in [6, 6.07) is 2.61. The second-order valence-electron chi connectivity index (χ2n) is 5.45. The highest BCUT2D eigenvalue weighted by Crippen LogP contribution is 2.31. The molecule has 1 saturated carbocycles. The molecule has 0 bridgehead atoms. The molecule has 1 aliphatic rings. The van der Waals surface area contributed by atoms with Crippen LogP contribution in [-0.4, -0.2) is 23.2 Å². The number of amides is 1. The van der Waals surface area contributed by atoms with Crippen molar-refractivity contribution < 1.29 is 14.3 Å². The van der Waals surface area contributed by atoms with Crippen LogP contribution in [0.1, 0.15) is 43.0 Å². The molecular weight excluding hydrogens is 246 g/mol. The average Bonchev–Trinajstić information content (AvgIpc) is 2.37. The molecular formula is C14H19NO4. The largest absolute Gasteiger partial charge is 0.430 e. The predicted octanol–water partition coefficient (Wildman–Crippen LogP) is 1.31. The highest BCUT2D eigenvalue weighted by molar-refractivity contribution is 5.93. The Labute approximate surface area is 111 Å². The van der Waals surface area contributed by atoms with E-state index in [9.17, 15) is 14.7 Å². The van der Waals surface area contributed by atoms with Crippen molar-refractivity contribution >= 4 is 5.91 Å². The molecule has 2 unspecified atom stereocenters. The first-order valence-electron chi connectivity index (χ1n) is 6.58. The zero-order chi connectivity index (χ0) is 13.9. The lowest BCUT2D eigenvalue weighted by Gasteiger charge is -2.35. The number of carbonyl (C=O) groups excluding carboxylic acids is 1. The van der Waals surface area contributed by atoms with Gasteiger partial charge in [0, 0.05) is 12.6 Å². The van der Waals surface area contributed by atoms with Crippen LogP contribution in [-0.2, 0) is 0 Å². The van der Waals surface area contributed by atoms with Crippen molar-refractivity contribution in [2.75, 3.05) is 6.54 Å². The van der Waals surface area contributed by atoms with E-state index in [0.29, 0.717) is 18.8 Å². The second-order valence-corrected chi connectivity index (χ2v) is 5.45. The molecule has 0 aliphatic heterocycles. The van der Waals surface area contributed by atoms with Crippen LogP contribution in [0.25, 0.3) is 0 Å². The zero-order valence-corrected chi connectivity index (χ0v) is 11.0. The summed E-state index contributed by atoms with van der Waals surface area (Å²) in [7, 11) is 0. The Morgan fingerprint density at radius 3 is 3.00 bits per heavy atom. The van der Waals surface area contributed by atoms with Crippen molar-refractivity contribution in [3.63, 3.8) is 0 Å². The number of hydrogen-bond acceptors (Lipinski definition) is 4. The summed E-state index contributed by atoms with van der Waals surface area (Å²) in [5.74, 6) is 0.140. The average molecular weight is 265 g/mol. The molecule has 0 radical (unpaired) electrons. The van der Waals surface area contributed by atoms with Crippen LogP contribution in [0.5, 0.6) is 0 Å². The molecule has 19 heavy (non-hydrogen) atoms. The molecule has 1 fully saturated rings. The Bertz CT molecular complexity index is 490. The lowest BCUT2D eigenvalue weighted by molar-refractivity contribution is -0.0109. The van der Waals surface area contributed by atoms with Crippen molar-refractivity contribution in [1.29, 1.82) is 0 Å². The summed E-state index contributed by atoms with van der Waals surface area (Å²) in [5, 5.41) is 13.1. The van der Waals surface area contributed by atoms with Gasteiger partial charge in [0.15, 0.2) is 0 Å². The van der Waals surface area contributed by atoms with E-state index in [-0.39, 0.29) is 18.0 Å². The summed E-state index contributed by atoms with van der Waals surface area (Å²) in [5.41, 5.74) is -1.02. The van der Waals surface area contributed by atoms with Gasteiger partial charge < -0.3 is 14.8 Å². The maximum atomic E-state index is 11.8. The minimum absolute atomic E-state index is 0.231. The molecule has 1 amide bonds. The standard InChI is InChI=1S/C14H19NO4/c1-10-3-2-6-14(18,7-10)9-15-13(17)11-4-5-12(16)19-8-11/h4-5,8,10,18H,2-3,6-7,9H2,1H3,(H,15,17). The third-order valence-corrected chi connectivity index (χ3v) is 3.61. The van der Waals surface area contributed by atoms with Crippen molar-refractivity contribution in [3.05, 3.63) is 34.4 Å². The van der Waals surface area contributed by atoms with Crippen LogP contribution in [0.15, 0.2) is 27.6 Å². The third-order valence-electron chi connectivity index (χ3n) is 3.61. The minimum atomic E-state index is -0.817. The highest BCUT2D eigenvalue weighted by Gasteiger charge is 2.32. The molecule has 0 spiro atoms. The first kappa shape index (κ1) is 13.8. The van der Waals surface area contributed by atoms with E-state index in [1.165, 1.54) is 12.1 Å². The van der Waals surface area contributed by atoms with Gasteiger partial charge in [-0.25, -0.2) is 4.79 Å². The van der Waals surface area contributed by atoms with Gasteiger partial charge in [0.05, 0.1) is 11.2 Å². The van der Waals surface area contributed by atoms with Gasteiger partial charge in [0.2, 0.25) is 0 Å². The fourth-order valence-corrected chi connectivity index (χ4v) is 2.63. The molecule has 1 heterocycles. The van der Waals surface area contributed by atoms with Crippen molar-refractivity contribution in [3.8, 4) is 0 Å². The molecule has 0 aromatic carbocycles. The van der Waals surface area contributed by atoms with E-state index in [2.05, 4.69) is 16.7 Å². The minimum Gasteiger partial charge on any atom is -0.430 e. The summed E-state index contributed by atoms with van der Waals surface area (Å²) in [6.45, 7) is 2.34. The topological polar surface area (TPSA) is 79.5 Å². The molecule has 0 saturated heterocycles. The van der Waals surface area contributed by atoms with Gasteiger partial charge >= 0.3 is 5.63 Å². The normalized spacial score (nSPS) is 26.9. The molecule has 1 aromatic heterocycles. The molecule has 104 valence electrons. The molecule has 5 heteroatoms. The fraction of sp³-hybridized carbons (Fsp3) is 0.571. The quantitative estimate of drug-likeness (QED) is 0.863. The molecule has 1 aliphatic carbocycles. The van der Waals surface area contributed by atoms with E-state index in [1.807, 2.05) is 0 Å². The van der Waals surface area contributed by atoms with Gasteiger partial charge in [0.1, 0.15) is 6.26 Å². The summed E-state index contributed by atoms with van der Waals surface area (Å²) >= 11 is 0. The molecule has 2 N–H and O–H groups in total. The fourth-order valence-electron chi connectivity index (χ4n) is 2.63. The van der Waals surface area contributed by atoms with Crippen LogP contribution < -0.4 is 10.9 Å². The van der Waals surface area contributed by atoms with Crippen molar-refractivity contribution in [2.24, 2.45) is 5.92 Å². The van der Waals surface area contributed by atoms with E-state index in [4.69, 9.17) is 0 Å². The number of hydrogen-bond donors (Lipinski definition) is 2. The van der Waals surface area contributed by atoms with E-state index < -0.39 is 11.2 Å². The number of carbonyl (C=O) groups is 1. The maximum absolute atomic E-state index is 11.8. The van der Waals surface area contributed by atoms with Crippen LogP contribution >= 0.6 is 0 Å². The van der Waals surface area contributed by atoms with Gasteiger partial charge in [-0.3, -0.25) is 4.79 Å². The first-order chi connectivity index (χ1) is 8.98. The van der Waals surface area contributed by atoms with E-state index in [0.717, 1.165) is 19.1 Å². The second kappa shape index (κ2) is 5.57. The first-order valence-corrected chi connectivity index (χ1v) is 6.58. The lowest BCUT2D eigenvalue weighted by Crippen LogP contribution is -2.45. The SMILES string of the molecule is CC1CCCC(O)(CNC(=O)c2ccc(=O)oc2)C1. The molecule has 5 nitrogen and oxygen atoms in total. The maximum Gasteiger partial charge on any atom is 0.335 e. The Kier molecular flexibility index (Phi) is 4.04. The number of aliphatic hydroxyl groups is 1. The van der Waals surface area contributed by atoms with Crippen molar-refractivity contribution in [1.82, 2.24) is 5.32 Å². The number of nitrogens with one attached hydrogen (secondary N) is 1. The Morgan fingerprint density at radius 1 is 1.58 bits per heavy atom. The Balaban J connectivity index is 1.92. The molecule has 2 rings (SSSR count). The summed E-state index contributed by atoms with van der Waals surface area (Å²) < 4.78 is 4.63. The van der Waals surface area contributed by atoms with Gasteiger partial charge in [-0.2, -0.15) is 0 Å². The van der Waals surface area contributed by atoms with Crippen molar-refractivity contribution in [2.45, 2.75) is 38.2 Å². The number of rotatable bonds is 3. The molecule has 1 aromatic rings. The highest BCUT2D eigenvalue weighted by atomic mass is 16.4. The van der Waals surface area contributed by atoms with Crippen LogP contribution in [0, 0.1) is 5.92 Å². The van der Waals surface area contributed by atoms with Gasteiger partial charge in [-0.1, -0.05) is 19.8 Å². The Morgan fingerprint density at radius 2 is 2.37 bits per heavy atom. The zero-order valence-electron chi connectivity index (χ0n) is 11.0. The van der Waals surface area contributed by atoms with E-state index >= 15 is 0 Å². The smallest absolute Gasteiger partial charge is 0.335 e. The monoisotopic (exact) mass is 265 g/mol. The third kappa shape index (κ3) is 3.67. The predicted molar refractivity (Wildman–Crippen MR) is 69.9 cm³/mol. The van der Waals surface area contributed by atoms with E-state index in [1.54, 1.807) is 0 Å². The Hall–Kier alpha value is -1.62. The van der Waals surface area contributed by atoms with Gasteiger partial charge in [-0.05, 0) is 24.8 Å².